The number of carbonyl (C=O) groups is 1. The number of anilines is 1. The number of carbonyl (C=O) groups excluding carboxylic acids is 1. The number of nitrogens with zero attached hydrogens (tertiary/aromatic N) is 1. The van der Waals surface area contributed by atoms with E-state index in [9.17, 15) is 18.3 Å². The van der Waals surface area contributed by atoms with E-state index in [0.29, 0.717) is 12.1 Å². The summed E-state index contributed by atoms with van der Waals surface area (Å²) in [4.78, 5) is 16.5. The first-order valence-corrected chi connectivity index (χ1v) is 10.2. The van der Waals surface area contributed by atoms with Crippen molar-refractivity contribution in [2.45, 2.75) is 25.0 Å². The van der Waals surface area contributed by atoms with Crippen LogP contribution >= 0.6 is 0 Å². The maximum atomic E-state index is 12.2. The minimum absolute atomic E-state index is 0.247. The molecule has 2 atom stereocenters. The molecule has 2 amide bonds. The van der Waals surface area contributed by atoms with E-state index in [0.717, 1.165) is 17.7 Å². The molecule has 8 heteroatoms. The predicted octanol–water partition coefficient (Wildman–Crippen LogP) is 1.15. The highest BCUT2D eigenvalue weighted by Gasteiger charge is 2.37. The van der Waals surface area contributed by atoms with Gasteiger partial charge in [0.1, 0.15) is 0 Å². The van der Waals surface area contributed by atoms with E-state index in [4.69, 9.17) is 0 Å². The fraction of sp³-hybridized carbons (Fsp3) is 0.333. The van der Waals surface area contributed by atoms with Crippen LogP contribution < -0.4 is 10.6 Å². The molecule has 2 heterocycles. The van der Waals surface area contributed by atoms with Crippen LogP contribution in [0.15, 0.2) is 48.7 Å². The molecule has 0 saturated carbocycles. The highest BCUT2D eigenvalue weighted by molar-refractivity contribution is 7.91. The molecule has 3 N–H and O–H groups in total. The van der Waals surface area contributed by atoms with Crippen molar-refractivity contribution in [3.8, 4) is 0 Å². The van der Waals surface area contributed by atoms with E-state index >= 15 is 0 Å². The maximum absolute atomic E-state index is 12.2. The number of aliphatic hydroxyl groups is 1. The van der Waals surface area contributed by atoms with Crippen LogP contribution in [0.25, 0.3) is 0 Å². The van der Waals surface area contributed by atoms with Crippen molar-refractivity contribution in [1.29, 1.82) is 0 Å². The van der Waals surface area contributed by atoms with Gasteiger partial charge in [0.05, 0.1) is 23.7 Å². The lowest BCUT2D eigenvalue weighted by Gasteiger charge is -2.17. The molecule has 1 fully saturated rings. The Morgan fingerprint density at radius 3 is 2.58 bits per heavy atom. The molecule has 26 heavy (non-hydrogen) atoms. The van der Waals surface area contributed by atoms with Gasteiger partial charge in [0.2, 0.25) is 0 Å². The van der Waals surface area contributed by atoms with E-state index in [1.54, 1.807) is 12.3 Å². The third kappa shape index (κ3) is 4.80. The number of benzene rings is 1. The minimum Gasteiger partial charge on any atom is -0.390 e. The SMILES string of the molecule is O=C(Nc1ccccc1CCc1ccccn1)N[C@@H]1CS(=O)(=O)C[C@H]1O. The molecule has 0 bridgehead atoms. The van der Waals surface area contributed by atoms with Crippen molar-refractivity contribution >= 4 is 21.6 Å². The monoisotopic (exact) mass is 375 g/mol. The molecular weight excluding hydrogens is 354 g/mol. The summed E-state index contributed by atoms with van der Waals surface area (Å²) in [6.45, 7) is 0. The summed E-state index contributed by atoms with van der Waals surface area (Å²) >= 11 is 0. The molecule has 138 valence electrons. The van der Waals surface area contributed by atoms with Gasteiger partial charge < -0.3 is 15.7 Å². The lowest BCUT2D eigenvalue weighted by molar-refractivity contribution is 0.167. The van der Waals surface area contributed by atoms with Gasteiger partial charge in [-0.05, 0) is 36.6 Å². The first-order valence-electron chi connectivity index (χ1n) is 8.37. The minimum atomic E-state index is -3.31. The molecule has 0 radical (unpaired) electrons. The summed E-state index contributed by atoms with van der Waals surface area (Å²) in [6.07, 6.45) is 2.10. The first-order chi connectivity index (χ1) is 12.4. The number of rotatable bonds is 5. The Morgan fingerprint density at radius 2 is 1.88 bits per heavy atom. The van der Waals surface area contributed by atoms with E-state index < -0.39 is 28.0 Å². The number of hydrogen-bond acceptors (Lipinski definition) is 5. The summed E-state index contributed by atoms with van der Waals surface area (Å²) in [7, 11) is -3.31. The number of aryl methyl sites for hydroxylation is 2. The zero-order chi connectivity index (χ0) is 18.6. The number of para-hydroxylation sites is 1. The summed E-state index contributed by atoms with van der Waals surface area (Å²) in [5.41, 5.74) is 2.57. The Morgan fingerprint density at radius 1 is 1.12 bits per heavy atom. The van der Waals surface area contributed by atoms with Gasteiger partial charge in [0.25, 0.3) is 0 Å². The second-order valence-electron chi connectivity index (χ2n) is 6.33. The van der Waals surface area contributed by atoms with Gasteiger partial charge in [-0.2, -0.15) is 0 Å². The van der Waals surface area contributed by atoms with Crippen molar-refractivity contribution in [2.75, 3.05) is 16.8 Å². The second kappa shape index (κ2) is 7.84. The Kier molecular flexibility index (Phi) is 5.53. The first kappa shape index (κ1) is 18.3. The molecule has 1 aliphatic heterocycles. The third-order valence-corrected chi connectivity index (χ3v) is 6.00. The van der Waals surface area contributed by atoms with Crippen LogP contribution in [0.2, 0.25) is 0 Å². The topological polar surface area (TPSA) is 108 Å². The van der Waals surface area contributed by atoms with E-state index in [2.05, 4.69) is 15.6 Å². The molecule has 2 aromatic rings. The smallest absolute Gasteiger partial charge is 0.319 e. The fourth-order valence-electron chi connectivity index (χ4n) is 2.96. The largest absolute Gasteiger partial charge is 0.390 e. The van der Waals surface area contributed by atoms with Crippen LogP contribution in [-0.2, 0) is 22.7 Å². The number of hydrogen-bond donors (Lipinski definition) is 3. The fourth-order valence-corrected chi connectivity index (χ4v) is 4.70. The van der Waals surface area contributed by atoms with Crippen LogP contribution in [0.5, 0.6) is 0 Å². The number of aromatic nitrogens is 1. The number of pyridine rings is 1. The number of sulfone groups is 1. The Hall–Kier alpha value is -2.45. The van der Waals surface area contributed by atoms with Crippen molar-refractivity contribution in [2.24, 2.45) is 0 Å². The van der Waals surface area contributed by atoms with Gasteiger partial charge in [0, 0.05) is 17.6 Å². The molecular formula is C18H21N3O4S. The highest BCUT2D eigenvalue weighted by atomic mass is 32.2. The second-order valence-corrected chi connectivity index (χ2v) is 8.48. The van der Waals surface area contributed by atoms with Crippen molar-refractivity contribution in [3.63, 3.8) is 0 Å². The average molecular weight is 375 g/mol. The molecule has 0 aliphatic carbocycles. The number of amides is 2. The Balaban J connectivity index is 1.62. The van der Waals surface area contributed by atoms with Crippen LogP contribution in [0.1, 0.15) is 11.3 Å². The number of aliphatic hydroxyl groups excluding tert-OH is 1. The molecule has 7 nitrogen and oxygen atoms in total. The maximum Gasteiger partial charge on any atom is 0.319 e. The lowest BCUT2D eigenvalue weighted by Crippen LogP contribution is -2.44. The number of urea groups is 1. The molecule has 1 saturated heterocycles. The van der Waals surface area contributed by atoms with E-state index in [1.807, 2.05) is 36.4 Å². The standard InChI is InChI=1S/C18H21N3O4S/c22-17-12-26(24,25)11-16(17)21-18(23)20-15-7-2-1-5-13(15)8-9-14-6-3-4-10-19-14/h1-7,10,16-17,22H,8-9,11-12H2,(H2,20,21,23)/t16-,17-/m1/s1. The van der Waals surface area contributed by atoms with Crippen molar-refractivity contribution < 1.29 is 18.3 Å². The van der Waals surface area contributed by atoms with Gasteiger partial charge in [-0.1, -0.05) is 24.3 Å². The van der Waals surface area contributed by atoms with Crippen LogP contribution in [-0.4, -0.2) is 48.2 Å². The zero-order valence-electron chi connectivity index (χ0n) is 14.1. The van der Waals surface area contributed by atoms with Crippen LogP contribution in [0, 0.1) is 0 Å². The Bertz CT molecular complexity index is 871. The van der Waals surface area contributed by atoms with Gasteiger partial charge in [-0.3, -0.25) is 4.98 Å². The molecule has 1 aromatic heterocycles. The van der Waals surface area contributed by atoms with Gasteiger partial charge in [-0.25, -0.2) is 13.2 Å². The quantitative estimate of drug-likeness (QED) is 0.726. The average Bonchev–Trinajstić information content (AvgIpc) is 2.86. The molecule has 1 aliphatic rings. The van der Waals surface area contributed by atoms with Crippen LogP contribution in [0.4, 0.5) is 10.5 Å². The highest BCUT2D eigenvalue weighted by Crippen LogP contribution is 2.18. The van der Waals surface area contributed by atoms with E-state index in [1.165, 1.54) is 0 Å². The van der Waals surface area contributed by atoms with Crippen molar-refractivity contribution in [1.82, 2.24) is 10.3 Å². The predicted molar refractivity (Wildman–Crippen MR) is 98.7 cm³/mol. The van der Waals surface area contributed by atoms with Gasteiger partial charge in [0.15, 0.2) is 9.84 Å². The van der Waals surface area contributed by atoms with Gasteiger partial charge >= 0.3 is 6.03 Å². The number of nitrogens with one attached hydrogen (secondary N) is 2. The molecule has 1 aromatic carbocycles. The third-order valence-electron chi connectivity index (χ3n) is 4.28. The van der Waals surface area contributed by atoms with Crippen molar-refractivity contribution in [3.05, 3.63) is 59.9 Å². The molecule has 3 rings (SSSR count). The summed E-state index contributed by atoms with van der Waals surface area (Å²) < 4.78 is 23.1. The summed E-state index contributed by atoms with van der Waals surface area (Å²) in [5, 5.41) is 15.1. The van der Waals surface area contributed by atoms with Crippen LogP contribution in [0.3, 0.4) is 0 Å². The molecule has 0 spiro atoms. The van der Waals surface area contributed by atoms with Gasteiger partial charge in [-0.15, -0.1) is 0 Å². The Labute approximate surface area is 152 Å². The lowest BCUT2D eigenvalue weighted by atomic mass is 10.1. The zero-order valence-corrected chi connectivity index (χ0v) is 14.9. The normalized spacial score (nSPS) is 21.3. The summed E-state index contributed by atoms with van der Waals surface area (Å²) in [5.74, 6) is -0.568. The summed E-state index contributed by atoms with van der Waals surface area (Å²) in [6, 6.07) is 11.8. The van der Waals surface area contributed by atoms with E-state index in [-0.39, 0.29) is 11.5 Å². The molecule has 0 unspecified atom stereocenters.